The van der Waals surface area contributed by atoms with Gasteiger partial charge in [0.15, 0.2) is 5.11 Å². The van der Waals surface area contributed by atoms with Crippen LogP contribution in [0, 0.1) is 10.1 Å². The van der Waals surface area contributed by atoms with Gasteiger partial charge >= 0.3 is 0 Å². The highest BCUT2D eigenvalue weighted by molar-refractivity contribution is 7.80. The van der Waals surface area contributed by atoms with E-state index < -0.39 is 16.7 Å². The van der Waals surface area contributed by atoms with E-state index in [1.807, 2.05) is 32.6 Å². The van der Waals surface area contributed by atoms with Gasteiger partial charge in [-0.1, -0.05) is 6.07 Å². The van der Waals surface area contributed by atoms with Crippen LogP contribution in [0.1, 0.15) is 27.7 Å². The molecule has 0 atom stereocenters. The average molecular weight is 426 g/mol. The van der Waals surface area contributed by atoms with Crippen molar-refractivity contribution in [1.82, 2.24) is 9.80 Å². The molecule has 30 heavy (non-hydrogen) atoms. The van der Waals surface area contributed by atoms with Crippen molar-refractivity contribution in [2.45, 2.75) is 27.7 Å². The number of carbonyl (C=O) groups excluding carboxylic acids is 2. The Morgan fingerprint density at radius 1 is 1.00 bits per heavy atom. The van der Waals surface area contributed by atoms with Gasteiger partial charge in [-0.3, -0.25) is 29.5 Å². The van der Waals surface area contributed by atoms with Gasteiger partial charge in [0.05, 0.1) is 10.6 Å². The van der Waals surface area contributed by atoms with Crippen LogP contribution in [0.15, 0.2) is 59.0 Å². The first-order valence-corrected chi connectivity index (χ1v) is 9.95. The summed E-state index contributed by atoms with van der Waals surface area (Å²) < 4.78 is 0. The van der Waals surface area contributed by atoms with Crippen LogP contribution in [0.4, 0.5) is 11.4 Å². The SMILES string of the molecule is CCN1C(=O)C(=C2C=C(C)N(c3cccc([N+](=O)[O-])c3)C(C)=C2)C(=O)N(CC)C1=S. The Kier molecular flexibility index (Phi) is 5.84. The largest absolute Gasteiger partial charge is 0.318 e. The Labute approximate surface area is 179 Å². The molecule has 1 saturated heterocycles. The number of benzene rings is 1. The third-order valence-corrected chi connectivity index (χ3v) is 5.47. The molecule has 3 rings (SSSR count). The Morgan fingerprint density at radius 3 is 2.00 bits per heavy atom. The molecule has 0 N–H and O–H groups in total. The van der Waals surface area contributed by atoms with E-state index in [0.717, 1.165) is 11.4 Å². The topological polar surface area (TPSA) is 87.0 Å². The molecule has 8 nitrogen and oxygen atoms in total. The van der Waals surface area contributed by atoms with Gasteiger partial charge in [-0.15, -0.1) is 0 Å². The number of amides is 2. The maximum absolute atomic E-state index is 13.0. The first-order chi connectivity index (χ1) is 14.2. The van der Waals surface area contributed by atoms with Gasteiger partial charge in [-0.05, 0) is 63.7 Å². The van der Waals surface area contributed by atoms with Crippen LogP contribution < -0.4 is 4.90 Å². The minimum absolute atomic E-state index is 0.0134. The number of allylic oxidation sites excluding steroid dienone is 5. The molecule has 1 aromatic rings. The zero-order valence-corrected chi connectivity index (χ0v) is 18.0. The number of likely N-dealkylation sites (N-methyl/N-ethyl adjacent to an activating group) is 2. The molecule has 2 aliphatic heterocycles. The van der Waals surface area contributed by atoms with E-state index in [1.54, 1.807) is 24.3 Å². The summed E-state index contributed by atoms with van der Waals surface area (Å²) in [6, 6.07) is 6.31. The van der Waals surface area contributed by atoms with Crippen molar-refractivity contribution < 1.29 is 14.5 Å². The predicted molar refractivity (Wildman–Crippen MR) is 117 cm³/mol. The summed E-state index contributed by atoms with van der Waals surface area (Å²) in [5.41, 5.74) is 2.66. The van der Waals surface area contributed by atoms with Crippen molar-refractivity contribution in [3.8, 4) is 0 Å². The second-order valence-electron chi connectivity index (χ2n) is 6.90. The molecule has 1 aromatic carbocycles. The zero-order chi connectivity index (χ0) is 22.2. The second-order valence-corrected chi connectivity index (χ2v) is 7.26. The lowest BCUT2D eigenvalue weighted by molar-refractivity contribution is -0.384. The Hall–Kier alpha value is -3.33. The number of hydrogen-bond donors (Lipinski definition) is 0. The van der Waals surface area contributed by atoms with Crippen molar-refractivity contribution in [3.05, 3.63) is 69.1 Å². The van der Waals surface area contributed by atoms with Crippen molar-refractivity contribution in [3.63, 3.8) is 0 Å². The van der Waals surface area contributed by atoms with E-state index in [-0.39, 0.29) is 16.4 Å². The third kappa shape index (κ3) is 3.52. The molecule has 0 aliphatic carbocycles. The molecular weight excluding hydrogens is 404 g/mol. The molecule has 2 amide bonds. The smallest absolute Gasteiger partial charge is 0.271 e. The van der Waals surface area contributed by atoms with Gasteiger partial charge in [0.25, 0.3) is 17.5 Å². The fraction of sp³-hybridized carbons (Fsp3) is 0.286. The monoisotopic (exact) mass is 426 g/mol. The number of carbonyl (C=O) groups is 2. The van der Waals surface area contributed by atoms with Crippen molar-refractivity contribution in [1.29, 1.82) is 0 Å². The lowest BCUT2D eigenvalue weighted by Gasteiger charge is -2.37. The fourth-order valence-corrected chi connectivity index (χ4v) is 4.11. The van der Waals surface area contributed by atoms with Crippen LogP contribution in [-0.4, -0.2) is 44.7 Å². The van der Waals surface area contributed by atoms with E-state index >= 15 is 0 Å². The van der Waals surface area contributed by atoms with E-state index in [4.69, 9.17) is 12.2 Å². The summed E-state index contributed by atoms with van der Waals surface area (Å²) in [4.78, 5) is 41.4. The van der Waals surface area contributed by atoms with Crippen molar-refractivity contribution in [2.75, 3.05) is 18.0 Å². The summed E-state index contributed by atoms with van der Waals surface area (Å²) in [6.45, 7) is 8.00. The van der Waals surface area contributed by atoms with Gasteiger partial charge < -0.3 is 4.90 Å². The minimum Gasteiger partial charge on any atom is -0.318 e. The molecule has 0 aromatic heterocycles. The first-order valence-electron chi connectivity index (χ1n) is 9.54. The molecule has 9 heteroatoms. The van der Waals surface area contributed by atoms with E-state index in [1.165, 1.54) is 21.9 Å². The van der Waals surface area contributed by atoms with Crippen LogP contribution in [-0.2, 0) is 9.59 Å². The van der Waals surface area contributed by atoms with E-state index in [2.05, 4.69) is 0 Å². The predicted octanol–water partition coefficient (Wildman–Crippen LogP) is 3.51. The standard InChI is InChI=1S/C21H22N4O4S/c1-5-22-19(26)18(20(27)23(6-2)21(22)30)15-10-13(3)24(14(4)11-15)16-8-7-9-17(12-16)25(28)29/h7-12H,5-6H2,1-4H3. The fourth-order valence-electron chi connectivity index (χ4n) is 3.68. The molecule has 2 aliphatic rings. The van der Waals surface area contributed by atoms with Gasteiger partial charge in [0.2, 0.25) is 0 Å². The number of non-ortho nitro benzene ring substituents is 1. The molecule has 0 unspecified atom stereocenters. The summed E-state index contributed by atoms with van der Waals surface area (Å²) in [6.07, 6.45) is 3.49. The number of thiocarbonyl (C=S) groups is 1. The van der Waals surface area contributed by atoms with Crippen LogP contribution in [0.25, 0.3) is 0 Å². The highest BCUT2D eigenvalue weighted by atomic mass is 32.1. The molecule has 0 bridgehead atoms. The third-order valence-electron chi connectivity index (χ3n) is 5.03. The maximum Gasteiger partial charge on any atom is 0.271 e. The van der Waals surface area contributed by atoms with Crippen LogP contribution in [0.3, 0.4) is 0 Å². The Morgan fingerprint density at radius 2 is 1.53 bits per heavy atom. The lowest BCUT2D eigenvalue weighted by Crippen LogP contribution is -2.56. The van der Waals surface area contributed by atoms with Crippen LogP contribution in [0.5, 0.6) is 0 Å². The zero-order valence-electron chi connectivity index (χ0n) is 17.2. The summed E-state index contributed by atoms with van der Waals surface area (Å²) in [5, 5.41) is 11.3. The van der Waals surface area contributed by atoms with Gasteiger partial charge in [-0.2, -0.15) is 0 Å². The molecule has 1 fully saturated rings. The molecule has 0 radical (unpaired) electrons. The van der Waals surface area contributed by atoms with Crippen molar-refractivity contribution >= 4 is 40.5 Å². The van der Waals surface area contributed by atoms with Crippen LogP contribution in [0.2, 0.25) is 0 Å². The summed E-state index contributed by atoms with van der Waals surface area (Å²) in [5.74, 6) is -0.826. The first kappa shape index (κ1) is 21.4. The average Bonchev–Trinajstić information content (AvgIpc) is 2.68. The number of nitrogens with zero attached hydrogens (tertiary/aromatic N) is 4. The second kappa shape index (κ2) is 8.19. The number of nitro benzene ring substituents is 1. The Balaban J connectivity index is 2.09. The number of nitro groups is 1. The van der Waals surface area contributed by atoms with Crippen LogP contribution >= 0.6 is 12.2 Å². The van der Waals surface area contributed by atoms with Gasteiger partial charge in [0.1, 0.15) is 5.57 Å². The minimum atomic E-state index is -0.445. The lowest BCUT2D eigenvalue weighted by atomic mass is 9.98. The number of anilines is 1. The summed E-state index contributed by atoms with van der Waals surface area (Å²) in [7, 11) is 0. The Bertz CT molecular complexity index is 1010. The normalized spacial score (nSPS) is 17.5. The van der Waals surface area contributed by atoms with E-state index in [0.29, 0.717) is 24.4 Å². The van der Waals surface area contributed by atoms with Crippen molar-refractivity contribution in [2.24, 2.45) is 0 Å². The molecule has 2 heterocycles. The summed E-state index contributed by atoms with van der Waals surface area (Å²) >= 11 is 5.31. The molecule has 0 saturated carbocycles. The van der Waals surface area contributed by atoms with Gasteiger partial charge in [-0.25, -0.2) is 0 Å². The maximum atomic E-state index is 13.0. The number of rotatable bonds is 4. The molecule has 156 valence electrons. The molecular formula is C21H22N4O4S. The van der Waals surface area contributed by atoms with E-state index in [9.17, 15) is 19.7 Å². The quantitative estimate of drug-likeness (QED) is 0.241. The molecule has 0 spiro atoms. The highest BCUT2D eigenvalue weighted by Gasteiger charge is 2.39. The highest BCUT2D eigenvalue weighted by Crippen LogP contribution is 2.33. The number of hydrogen-bond acceptors (Lipinski definition) is 6. The van der Waals surface area contributed by atoms with Gasteiger partial charge in [0, 0.05) is 36.6 Å².